The normalized spacial score (nSPS) is 36.5. The summed E-state index contributed by atoms with van der Waals surface area (Å²) >= 11 is 0. The molecule has 0 saturated heterocycles. The summed E-state index contributed by atoms with van der Waals surface area (Å²) in [5.74, 6) is -0.170. The molecule has 1 amide bonds. The van der Waals surface area contributed by atoms with Gasteiger partial charge in [0.2, 0.25) is 5.91 Å². The fraction of sp³-hybridized carbons (Fsp3) is 0.800. The second-order valence-electron chi connectivity index (χ2n) is 6.86. The second kappa shape index (κ2) is 5.13. The highest BCUT2D eigenvalue weighted by atomic mass is 16.3. The average Bonchev–Trinajstić information content (AvgIpc) is 3.16. The Balaban J connectivity index is 1.57. The summed E-state index contributed by atoms with van der Waals surface area (Å²) in [4.78, 5) is 12.3. The van der Waals surface area contributed by atoms with E-state index in [0.717, 1.165) is 12.8 Å². The van der Waals surface area contributed by atoms with Gasteiger partial charge in [0.1, 0.15) is 0 Å². The molecule has 0 bridgehead atoms. The van der Waals surface area contributed by atoms with Crippen LogP contribution >= 0.6 is 0 Å². The molecule has 2 saturated carbocycles. The number of aliphatic hydroxyl groups excluding tert-OH is 1. The number of nitrogens with one attached hydrogen (secondary N) is 1. The Labute approximate surface area is 119 Å². The molecule has 3 atom stereocenters. The molecule has 0 aliphatic heterocycles. The largest absolute Gasteiger partial charge is 0.388 e. The number of nitrogens with two attached hydrogens (primary N) is 2. The Hall–Kier alpha value is -0.910. The van der Waals surface area contributed by atoms with Crippen LogP contribution in [0.25, 0.3) is 0 Å². The van der Waals surface area contributed by atoms with Crippen molar-refractivity contribution in [1.29, 1.82) is 0 Å². The topological polar surface area (TPSA) is 101 Å². The van der Waals surface area contributed by atoms with Gasteiger partial charge in [-0.25, -0.2) is 0 Å². The first kappa shape index (κ1) is 14.0. The second-order valence-corrected chi connectivity index (χ2v) is 6.86. The summed E-state index contributed by atoms with van der Waals surface area (Å²) in [6.45, 7) is 0. The Bertz CT molecular complexity index is 421. The summed E-state index contributed by atoms with van der Waals surface area (Å²) in [5.41, 5.74) is 12.7. The number of carbonyl (C=O) groups excluding carboxylic acids is 1. The van der Waals surface area contributed by atoms with Crippen LogP contribution in [0, 0.1) is 5.41 Å². The third kappa shape index (κ3) is 2.75. The highest BCUT2D eigenvalue weighted by molar-refractivity contribution is 5.95. The zero-order valence-corrected chi connectivity index (χ0v) is 11.8. The molecule has 0 aromatic carbocycles. The zero-order valence-electron chi connectivity index (χ0n) is 11.8. The number of carbonyl (C=O) groups is 1. The van der Waals surface area contributed by atoms with Crippen LogP contribution in [-0.4, -0.2) is 35.2 Å². The molecule has 0 aromatic rings. The molecule has 5 nitrogen and oxygen atoms in total. The summed E-state index contributed by atoms with van der Waals surface area (Å²) in [6, 6.07) is -0.375. The molecule has 3 aliphatic rings. The Kier molecular flexibility index (Phi) is 3.60. The lowest BCUT2D eigenvalue weighted by Crippen LogP contribution is -2.49. The number of amides is 1. The van der Waals surface area contributed by atoms with Gasteiger partial charge in [0.15, 0.2) is 0 Å². The van der Waals surface area contributed by atoms with Crippen molar-refractivity contribution in [2.24, 2.45) is 16.9 Å². The van der Waals surface area contributed by atoms with Crippen molar-refractivity contribution in [2.45, 2.75) is 69.2 Å². The maximum absolute atomic E-state index is 12.3. The highest BCUT2D eigenvalue weighted by Crippen LogP contribution is 2.56. The molecule has 3 rings (SSSR count). The molecule has 0 radical (unpaired) electrons. The summed E-state index contributed by atoms with van der Waals surface area (Å²) < 4.78 is 0. The van der Waals surface area contributed by atoms with Crippen molar-refractivity contribution in [2.75, 3.05) is 0 Å². The van der Waals surface area contributed by atoms with Gasteiger partial charge < -0.3 is 21.9 Å². The third-order valence-corrected chi connectivity index (χ3v) is 5.32. The molecule has 0 aromatic heterocycles. The number of rotatable bonds is 2. The van der Waals surface area contributed by atoms with Gasteiger partial charge in [-0.3, -0.25) is 4.79 Å². The molecular formula is C15H25N3O2. The third-order valence-electron chi connectivity index (χ3n) is 5.32. The first-order valence-electron chi connectivity index (χ1n) is 7.71. The van der Waals surface area contributed by atoms with Crippen molar-refractivity contribution in [3.8, 4) is 0 Å². The van der Waals surface area contributed by atoms with Crippen LogP contribution in [0.4, 0.5) is 0 Å². The monoisotopic (exact) mass is 279 g/mol. The van der Waals surface area contributed by atoms with E-state index in [2.05, 4.69) is 5.32 Å². The van der Waals surface area contributed by atoms with Crippen molar-refractivity contribution >= 4 is 5.91 Å². The lowest BCUT2D eigenvalue weighted by molar-refractivity contribution is -0.119. The quantitative estimate of drug-likeness (QED) is 0.579. The van der Waals surface area contributed by atoms with Crippen LogP contribution in [0.15, 0.2) is 11.6 Å². The van der Waals surface area contributed by atoms with Gasteiger partial charge in [-0.05, 0) is 50.4 Å². The molecule has 2 fully saturated rings. The molecule has 1 spiro atoms. The van der Waals surface area contributed by atoms with Crippen molar-refractivity contribution < 1.29 is 9.90 Å². The molecule has 5 heteroatoms. The number of hydrogen-bond donors (Lipinski definition) is 4. The fourth-order valence-corrected chi connectivity index (χ4v) is 3.53. The van der Waals surface area contributed by atoms with Crippen molar-refractivity contribution in [1.82, 2.24) is 5.32 Å². The van der Waals surface area contributed by atoms with Gasteiger partial charge >= 0.3 is 0 Å². The smallest absolute Gasteiger partial charge is 0.249 e. The van der Waals surface area contributed by atoms with Gasteiger partial charge in [-0.1, -0.05) is 6.08 Å². The number of hydrogen-bond acceptors (Lipinski definition) is 4. The first-order valence-corrected chi connectivity index (χ1v) is 7.71. The predicted molar refractivity (Wildman–Crippen MR) is 76.7 cm³/mol. The van der Waals surface area contributed by atoms with Crippen LogP contribution < -0.4 is 16.8 Å². The molecule has 0 heterocycles. The Morgan fingerprint density at radius 2 is 1.90 bits per heavy atom. The minimum absolute atomic E-state index is 0.170. The van der Waals surface area contributed by atoms with Crippen LogP contribution in [-0.2, 0) is 4.79 Å². The van der Waals surface area contributed by atoms with Gasteiger partial charge in [0.25, 0.3) is 0 Å². The van der Waals surface area contributed by atoms with Crippen LogP contribution in [0.3, 0.4) is 0 Å². The SMILES string of the molecule is NC1C=C(C(=O)NC2CCC3(CC2)CC3)C(O)CC1N. The lowest BCUT2D eigenvalue weighted by atomic mass is 9.83. The summed E-state index contributed by atoms with van der Waals surface area (Å²) in [5, 5.41) is 13.0. The van der Waals surface area contributed by atoms with E-state index in [0.29, 0.717) is 17.4 Å². The summed E-state index contributed by atoms with van der Waals surface area (Å²) in [6.07, 6.45) is 8.49. The molecule has 3 unspecified atom stereocenters. The first-order chi connectivity index (χ1) is 9.49. The van der Waals surface area contributed by atoms with E-state index in [1.165, 1.54) is 25.7 Å². The highest BCUT2D eigenvalue weighted by Gasteiger charge is 2.45. The summed E-state index contributed by atoms with van der Waals surface area (Å²) in [7, 11) is 0. The van der Waals surface area contributed by atoms with Crippen molar-refractivity contribution in [3.63, 3.8) is 0 Å². The van der Waals surface area contributed by atoms with Crippen LogP contribution in [0.5, 0.6) is 0 Å². The van der Waals surface area contributed by atoms with E-state index in [1.807, 2.05) is 0 Å². The van der Waals surface area contributed by atoms with Crippen molar-refractivity contribution in [3.05, 3.63) is 11.6 Å². The lowest BCUT2D eigenvalue weighted by Gasteiger charge is -2.32. The molecular weight excluding hydrogens is 254 g/mol. The predicted octanol–water partition coefficient (Wildman–Crippen LogP) is 0.171. The number of aliphatic hydroxyl groups is 1. The van der Waals surface area contributed by atoms with Gasteiger partial charge in [-0.2, -0.15) is 0 Å². The van der Waals surface area contributed by atoms with E-state index < -0.39 is 6.10 Å². The van der Waals surface area contributed by atoms with E-state index in [-0.39, 0.29) is 24.0 Å². The van der Waals surface area contributed by atoms with Gasteiger partial charge in [0, 0.05) is 23.7 Å². The Morgan fingerprint density at radius 3 is 2.50 bits per heavy atom. The van der Waals surface area contributed by atoms with E-state index in [9.17, 15) is 9.90 Å². The van der Waals surface area contributed by atoms with Gasteiger partial charge in [0.05, 0.1) is 6.10 Å². The molecule has 3 aliphatic carbocycles. The van der Waals surface area contributed by atoms with E-state index in [1.54, 1.807) is 6.08 Å². The molecule has 20 heavy (non-hydrogen) atoms. The van der Waals surface area contributed by atoms with Crippen LogP contribution in [0.2, 0.25) is 0 Å². The van der Waals surface area contributed by atoms with E-state index in [4.69, 9.17) is 11.5 Å². The Morgan fingerprint density at radius 1 is 1.25 bits per heavy atom. The minimum Gasteiger partial charge on any atom is -0.388 e. The molecule has 6 N–H and O–H groups in total. The average molecular weight is 279 g/mol. The maximum Gasteiger partial charge on any atom is 0.249 e. The fourth-order valence-electron chi connectivity index (χ4n) is 3.53. The zero-order chi connectivity index (χ0) is 14.3. The van der Waals surface area contributed by atoms with E-state index >= 15 is 0 Å². The standard InChI is InChI=1S/C15H25N3O2/c16-11-7-10(13(19)8-12(11)17)14(20)18-9-1-3-15(4-2-9)5-6-15/h7,9,11-13,19H,1-6,8,16-17H2,(H,18,20). The maximum atomic E-state index is 12.3. The van der Waals surface area contributed by atoms with Crippen LogP contribution in [0.1, 0.15) is 44.9 Å². The van der Waals surface area contributed by atoms with Gasteiger partial charge in [-0.15, -0.1) is 0 Å². The minimum atomic E-state index is -0.789. The molecule has 112 valence electrons.